The highest BCUT2D eigenvalue weighted by molar-refractivity contribution is 7.15. The molecule has 0 atom stereocenters. The van der Waals surface area contributed by atoms with Gasteiger partial charge in [-0.1, -0.05) is 29.5 Å². The summed E-state index contributed by atoms with van der Waals surface area (Å²) in [5, 5.41) is 20.1. The molecule has 20 heavy (non-hydrogen) atoms. The van der Waals surface area contributed by atoms with Gasteiger partial charge in [0.1, 0.15) is 11.6 Å². The minimum Gasteiger partial charge on any atom is -0.480 e. The van der Waals surface area contributed by atoms with E-state index in [4.69, 9.17) is 5.11 Å². The maximum absolute atomic E-state index is 12.1. The zero-order valence-electron chi connectivity index (χ0n) is 10.6. The number of carboxylic acids is 1. The van der Waals surface area contributed by atoms with Crippen LogP contribution in [0.4, 0.5) is 15.6 Å². The van der Waals surface area contributed by atoms with Gasteiger partial charge in [-0.05, 0) is 19.1 Å². The van der Waals surface area contributed by atoms with Crippen molar-refractivity contribution >= 4 is 34.2 Å². The predicted molar refractivity (Wildman–Crippen MR) is 75.1 cm³/mol. The fraction of sp³-hybridized carbons (Fsp3) is 0.167. The molecule has 0 spiro atoms. The smallest absolute Gasteiger partial charge is 0.328 e. The highest BCUT2D eigenvalue weighted by atomic mass is 32.1. The maximum atomic E-state index is 12.1. The molecule has 8 heteroatoms. The van der Waals surface area contributed by atoms with Gasteiger partial charge in [0, 0.05) is 5.69 Å². The van der Waals surface area contributed by atoms with Crippen molar-refractivity contribution in [2.45, 2.75) is 6.92 Å². The lowest BCUT2D eigenvalue weighted by Gasteiger charge is -2.20. The second-order valence-corrected chi connectivity index (χ2v) is 5.05. The van der Waals surface area contributed by atoms with Gasteiger partial charge in [-0.25, -0.2) is 4.79 Å². The lowest BCUT2D eigenvalue weighted by atomic mass is 10.3. The molecule has 0 aliphatic heterocycles. The van der Waals surface area contributed by atoms with Crippen molar-refractivity contribution in [2.75, 3.05) is 16.8 Å². The number of carboxylic acid groups (broad SMARTS) is 1. The average Bonchev–Trinajstić information content (AvgIpc) is 2.82. The van der Waals surface area contributed by atoms with Crippen LogP contribution in [0, 0.1) is 6.92 Å². The first-order valence-corrected chi connectivity index (χ1v) is 6.53. The number of nitrogens with zero attached hydrogens (tertiary/aromatic N) is 3. The Hall–Kier alpha value is -2.48. The second kappa shape index (κ2) is 6.11. The standard InChI is InChI=1S/C12H12N4O3S/c1-8-14-15-11(20-8)13-12(19)16(7-10(17)18)9-5-3-2-4-6-9/h2-6H,7H2,1H3,(H,17,18)(H,13,15,19). The lowest BCUT2D eigenvalue weighted by Crippen LogP contribution is -2.38. The van der Waals surface area contributed by atoms with Gasteiger partial charge in [-0.2, -0.15) is 0 Å². The van der Waals surface area contributed by atoms with E-state index in [1.54, 1.807) is 37.3 Å². The zero-order chi connectivity index (χ0) is 14.5. The van der Waals surface area contributed by atoms with Crippen LogP contribution in [0.1, 0.15) is 5.01 Å². The van der Waals surface area contributed by atoms with Crippen LogP contribution in [0.25, 0.3) is 0 Å². The van der Waals surface area contributed by atoms with Crippen LogP contribution in [0.5, 0.6) is 0 Å². The number of hydrogen-bond donors (Lipinski definition) is 2. The first-order chi connectivity index (χ1) is 9.56. The van der Waals surface area contributed by atoms with Crippen molar-refractivity contribution in [2.24, 2.45) is 0 Å². The van der Waals surface area contributed by atoms with E-state index >= 15 is 0 Å². The van der Waals surface area contributed by atoms with Crippen LogP contribution in [-0.4, -0.2) is 33.8 Å². The molecular weight excluding hydrogens is 280 g/mol. The van der Waals surface area contributed by atoms with Crippen LogP contribution >= 0.6 is 11.3 Å². The van der Waals surface area contributed by atoms with Gasteiger partial charge in [-0.3, -0.25) is 15.0 Å². The number of anilines is 2. The summed E-state index contributed by atoms with van der Waals surface area (Å²) in [6.07, 6.45) is 0. The number of nitrogens with one attached hydrogen (secondary N) is 1. The number of hydrogen-bond acceptors (Lipinski definition) is 5. The zero-order valence-corrected chi connectivity index (χ0v) is 11.4. The van der Waals surface area contributed by atoms with Crippen LogP contribution in [0.2, 0.25) is 0 Å². The number of urea groups is 1. The first-order valence-electron chi connectivity index (χ1n) is 5.71. The summed E-state index contributed by atoms with van der Waals surface area (Å²) in [4.78, 5) is 24.2. The third-order valence-corrected chi connectivity index (χ3v) is 3.10. The molecule has 2 amide bonds. The van der Waals surface area contributed by atoms with E-state index in [1.165, 1.54) is 11.3 Å². The number of aliphatic carboxylic acids is 1. The molecule has 0 unspecified atom stereocenters. The topological polar surface area (TPSA) is 95.4 Å². The minimum absolute atomic E-state index is 0.332. The lowest BCUT2D eigenvalue weighted by molar-refractivity contribution is -0.135. The molecular formula is C12H12N4O3S. The van der Waals surface area contributed by atoms with Gasteiger partial charge < -0.3 is 5.11 Å². The molecule has 1 aromatic heterocycles. The summed E-state index contributed by atoms with van der Waals surface area (Å²) in [5.74, 6) is -1.10. The second-order valence-electron chi connectivity index (χ2n) is 3.87. The largest absolute Gasteiger partial charge is 0.480 e. The first kappa shape index (κ1) is 13.9. The Labute approximate surface area is 118 Å². The third-order valence-electron chi connectivity index (χ3n) is 2.35. The van der Waals surface area contributed by atoms with Gasteiger partial charge in [0.15, 0.2) is 0 Å². The molecule has 104 valence electrons. The highest BCUT2D eigenvalue weighted by Gasteiger charge is 2.19. The van der Waals surface area contributed by atoms with Gasteiger partial charge >= 0.3 is 12.0 Å². The molecule has 0 saturated heterocycles. The summed E-state index contributed by atoms with van der Waals surface area (Å²) >= 11 is 1.22. The number of para-hydroxylation sites is 1. The molecule has 0 fully saturated rings. The van der Waals surface area contributed by atoms with Crippen molar-refractivity contribution in [3.05, 3.63) is 35.3 Å². The summed E-state index contributed by atoms with van der Waals surface area (Å²) in [7, 11) is 0. The van der Waals surface area contributed by atoms with Crippen LogP contribution in [0.3, 0.4) is 0 Å². The summed E-state index contributed by atoms with van der Waals surface area (Å²) in [6, 6.07) is 8.00. The van der Waals surface area contributed by atoms with Gasteiger partial charge in [0.2, 0.25) is 5.13 Å². The molecule has 1 heterocycles. The Kier molecular flexibility index (Phi) is 4.26. The molecule has 0 bridgehead atoms. The van der Waals surface area contributed by atoms with Crippen molar-refractivity contribution in [1.29, 1.82) is 0 Å². The molecule has 2 N–H and O–H groups in total. The Balaban J connectivity index is 2.18. The van der Waals surface area contributed by atoms with E-state index in [2.05, 4.69) is 15.5 Å². The summed E-state index contributed by atoms with van der Waals surface area (Å²) in [5.41, 5.74) is 0.494. The Morgan fingerprint density at radius 3 is 2.55 bits per heavy atom. The number of benzene rings is 1. The molecule has 0 aliphatic rings. The molecule has 2 aromatic rings. The highest BCUT2D eigenvalue weighted by Crippen LogP contribution is 2.17. The minimum atomic E-state index is -1.10. The van der Waals surface area contributed by atoms with Gasteiger partial charge in [0.05, 0.1) is 0 Å². The molecule has 7 nitrogen and oxygen atoms in total. The van der Waals surface area contributed by atoms with Crippen molar-refractivity contribution in [3.63, 3.8) is 0 Å². The van der Waals surface area contributed by atoms with Crippen LogP contribution < -0.4 is 10.2 Å². The van der Waals surface area contributed by atoms with Gasteiger partial charge in [0.25, 0.3) is 0 Å². The normalized spacial score (nSPS) is 10.1. The van der Waals surface area contributed by atoms with Crippen LogP contribution in [-0.2, 0) is 4.79 Å². The van der Waals surface area contributed by atoms with Gasteiger partial charge in [-0.15, -0.1) is 10.2 Å². The van der Waals surface area contributed by atoms with E-state index in [0.29, 0.717) is 15.8 Å². The average molecular weight is 292 g/mol. The molecule has 0 aliphatic carbocycles. The summed E-state index contributed by atoms with van der Waals surface area (Å²) in [6.45, 7) is 1.33. The monoisotopic (exact) mass is 292 g/mol. The van der Waals surface area contributed by atoms with E-state index in [9.17, 15) is 9.59 Å². The molecule has 0 saturated carbocycles. The van der Waals surface area contributed by atoms with Crippen molar-refractivity contribution in [1.82, 2.24) is 10.2 Å². The summed E-state index contributed by atoms with van der Waals surface area (Å²) < 4.78 is 0. The fourth-order valence-corrected chi connectivity index (χ4v) is 2.11. The van der Waals surface area contributed by atoms with Crippen LogP contribution in [0.15, 0.2) is 30.3 Å². The quantitative estimate of drug-likeness (QED) is 0.898. The number of rotatable bonds is 4. The predicted octanol–water partition coefficient (Wildman–Crippen LogP) is 1.97. The van der Waals surface area contributed by atoms with E-state index in [0.717, 1.165) is 4.90 Å². The Morgan fingerprint density at radius 2 is 2.00 bits per heavy atom. The fourth-order valence-electron chi connectivity index (χ4n) is 1.53. The number of aryl methyl sites for hydroxylation is 1. The maximum Gasteiger partial charge on any atom is 0.328 e. The Morgan fingerprint density at radius 1 is 1.30 bits per heavy atom. The van der Waals surface area contributed by atoms with Crippen molar-refractivity contribution < 1.29 is 14.7 Å². The molecule has 1 aromatic carbocycles. The van der Waals surface area contributed by atoms with E-state index in [-0.39, 0.29) is 0 Å². The SMILES string of the molecule is Cc1nnc(NC(=O)N(CC(=O)O)c2ccccc2)s1. The van der Waals surface area contributed by atoms with E-state index in [1.807, 2.05) is 0 Å². The third kappa shape index (κ3) is 3.51. The number of carbonyl (C=O) groups excluding carboxylic acids is 1. The van der Waals surface area contributed by atoms with Crippen molar-refractivity contribution in [3.8, 4) is 0 Å². The molecule has 0 radical (unpaired) electrons. The van der Waals surface area contributed by atoms with E-state index < -0.39 is 18.5 Å². The number of amides is 2. The number of carbonyl (C=O) groups is 2. The Bertz CT molecular complexity index is 614. The molecule has 2 rings (SSSR count). The number of aromatic nitrogens is 2.